The monoisotopic (exact) mass is 927 g/mol. The number of hydrogen-bond acceptors (Lipinski definition) is 7. The molecule has 14 unspecified atom stereocenters. The van der Waals surface area contributed by atoms with Crippen LogP contribution in [0, 0.1) is 52.3 Å². The first-order chi connectivity index (χ1) is 32.3. The maximum atomic E-state index is 12.6. The molecule has 0 spiro atoms. The van der Waals surface area contributed by atoms with Gasteiger partial charge >= 0.3 is 5.97 Å². The van der Waals surface area contributed by atoms with Gasteiger partial charge in [0.15, 0.2) is 6.29 Å². The summed E-state index contributed by atoms with van der Waals surface area (Å²) in [6.07, 6.45) is 47.0. The molecule has 7 nitrogen and oxygen atoms in total. The molecule has 0 amide bonds. The van der Waals surface area contributed by atoms with Gasteiger partial charge in [0.1, 0.15) is 31.0 Å². The Bertz CT molecular complexity index is 1720. The van der Waals surface area contributed by atoms with E-state index in [1.165, 1.54) is 44.1 Å². The number of allylic oxidation sites excluding steroid dienone is 15. The van der Waals surface area contributed by atoms with Crippen molar-refractivity contribution in [3.63, 3.8) is 0 Å². The van der Waals surface area contributed by atoms with Gasteiger partial charge in [-0.3, -0.25) is 4.79 Å². The van der Waals surface area contributed by atoms with Gasteiger partial charge in [-0.2, -0.15) is 0 Å². The van der Waals surface area contributed by atoms with E-state index in [-0.39, 0.29) is 30.5 Å². The molecule has 3 saturated carbocycles. The first kappa shape index (κ1) is 55.1. The fourth-order valence-electron chi connectivity index (χ4n) is 12.7. The summed E-state index contributed by atoms with van der Waals surface area (Å²) in [4.78, 5) is 12.6. The maximum Gasteiger partial charge on any atom is 0.305 e. The Morgan fingerprint density at radius 1 is 0.731 bits per heavy atom. The van der Waals surface area contributed by atoms with E-state index >= 15 is 0 Å². The number of carbonyl (C=O) groups is 1. The van der Waals surface area contributed by atoms with Crippen molar-refractivity contribution in [3.05, 3.63) is 96.7 Å². The molecule has 0 aromatic rings. The largest absolute Gasteiger partial charge is 0.463 e. The molecule has 0 aromatic heterocycles. The van der Waals surface area contributed by atoms with E-state index in [1.807, 2.05) is 0 Å². The van der Waals surface area contributed by atoms with Crippen molar-refractivity contribution in [3.8, 4) is 0 Å². The van der Waals surface area contributed by atoms with Gasteiger partial charge in [-0.15, -0.1) is 0 Å². The van der Waals surface area contributed by atoms with E-state index in [4.69, 9.17) is 14.2 Å². The van der Waals surface area contributed by atoms with Crippen molar-refractivity contribution in [1.29, 1.82) is 0 Å². The molecule has 4 fully saturated rings. The summed E-state index contributed by atoms with van der Waals surface area (Å²) in [5, 5.41) is 32.6. The highest BCUT2D eigenvalue weighted by molar-refractivity contribution is 5.69. The quantitative estimate of drug-likeness (QED) is 0.0451. The number of ether oxygens (including phenoxy) is 3. The number of aliphatic hydroxyl groups is 3. The summed E-state index contributed by atoms with van der Waals surface area (Å²) in [6.45, 7) is 16.8. The fourth-order valence-corrected chi connectivity index (χ4v) is 12.7. The standard InChI is InChI=1S/C60H94O7/c1-8-9-10-11-12-13-14-15-16-17-18-19-20-21-22-23-24-25-26-27-28-29-30-31-54(61)65-43-53-55(62)56(63)57(64)58(67-53)66-48-38-40-59(6)47(42-48)34-35-49-51-37-36-50(60(51,7)41-39-52(49)59)46(5)33-32-45(4)44(2)3/h9-10,12-13,15-16,18-19,21-22,24-25,27-28,34,44-46,48-53,55-58,62-64H,8,11,14,17,20,23,26,29-33,35-43H2,1-7H3/b10-9-,13-12-,16-15-,19-18-,22-21-,25-24-,28-27-. The van der Waals surface area contributed by atoms with Gasteiger partial charge < -0.3 is 29.5 Å². The van der Waals surface area contributed by atoms with Gasteiger partial charge in [0.05, 0.1) is 6.10 Å². The van der Waals surface area contributed by atoms with Crippen LogP contribution in [0.15, 0.2) is 96.7 Å². The van der Waals surface area contributed by atoms with E-state index in [1.54, 1.807) is 0 Å². The lowest BCUT2D eigenvalue weighted by molar-refractivity contribution is -0.313. The molecule has 0 aromatic carbocycles. The summed E-state index contributed by atoms with van der Waals surface area (Å²) in [5.74, 6) is 5.03. The average Bonchev–Trinajstić information content (AvgIpc) is 3.68. The van der Waals surface area contributed by atoms with E-state index in [0.29, 0.717) is 17.8 Å². The SMILES string of the molecule is CC/C=C\C/C=C\C/C=C\C/C=C\C/C=C\C/C=C\C/C=C\CCCC(=O)OCC1OC(OC2CCC3(C)C(=CCC4C3CCC3(C)C(C(C)CCC(C)C(C)C)CCC43)C2)C(O)C(O)C1O. The minimum absolute atomic E-state index is 0.156. The number of unbranched alkanes of at least 4 members (excludes halogenated alkanes) is 1. The van der Waals surface area contributed by atoms with Crippen molar-refractivity contribution in [2.24, 2.45) is 52.3 Å². The zero-order valence-electron chi connectivity index (χ0n) is 43.0. The molecule has 5 rings (SSSR count). The van der Waals surface area contributed by atoms with E-state index in [9.17, 15) is 20.1 Å². The molecule has 4 aliphatic carbocycles. The molecule has 1 aliphatic heterocycles. The van der Waals surface area contributed by atoms with Crippen LogP contribution >= 0.6 is 0 Å². The van der Waals surface area contributed by atoms with Gasteiger partial charge in [-0.25, -0.2) is 0 Å². The normalized spacial score (nSPS) is 34.6. The van der Waals surface area contributed by atoms with Gasteiger partial charge in [0.2, 0.25) is 0 Å². The molecular weight excluding hydrogens is 833 g/mol. The van der Waals surface area contributed by atoms with Crippen LogP contribution in [0.5, 0.6) is 0 Å². The Morgan fingerprint density at radius 2 is 1.33 bits per heavy atom. The smallest absolute Gasteiger partial charge is 0.305 e. The third-order valence-corrected chi connectivity index (χ3v) is 17.2. The van der Waals surface area contributed by atoms with Crippen LogP contribution in [0.1, 0.15) is 177 Å². The molecule has 7 heteroatoms. The second kappa shape index (κ2) is 28.1. The lowest BCUT2D eigenvalue weighted by atomic mass is 9.47. The van der Waals surface area contributed by atoms with Crippen molar-refractivity contribution < 1.29 is 34.3 Å². The molecule has 0 bridgehead atoms. The van der Waals surface area contributed by atoms with Crippen LogP contribution in [-0.4, -0.2) is 64.7 Å². The first-order valence-corrected chi connectivity index (χ1v) is 27.0. The number of aliphatic hydroxyl groups excluding tert-OH is 3. The summed E-state index contributed by atoms with van der Waals surface area (Å²) < 4.78 is 18.0. The number of hydrogen-bond donors (Lipinski definition) is 3. The number of esters is 1. The van der Waals surface area contributed by atoms with Crippen molar-refractivity contribution in [2.45, 2.75) is 214 Å². The van der Waals surface area contributed by atoms with Gasteiger partial charge in [0.25, 0.3) is 0 Å². The highest BCUT2D eigenvalue weighted by atomic mass is 16.7. The number of fused-ring (bicyclic) bond motifs is 5. The van der Waals surface area contributed by atoms with Crippen LogP contribution in [-0.2, 0) is 19.0 Å². The Morgan fingerprint density at radius 3 is 1.93 bits per heavy atom. The molecule has 1 heterocycles. The highest BCUT2D eigenvalue weighted by Crippen LogP contribution is 2.67. The predicted octanol–water partition coefficient (Wildman–Crippen LogP) is 13.8. The van der Waals surface area contributed by atoms with Crippen molar-refractivity contribution in [1.82, 2.24) is 0 Å². The summed E-state index contributed by atoms with van der Waals surface area (Å²) in [7, 11) is 0. The van der Waals surface area contributed by atoms with Crippen LogP contribution in [0.3, 0.4) is 0 Å². The lowest BCUT2D eigenvalue weighted by Crippen LogP contribution is -2.60. The third-order valence-electron chi connectivity index (χ3n) is 17.2. The number of carbonyl (C=O) groups excluding carboxylic acids is 1. The van der Waals surface area contributed by atoms with E-state index < -0.39 is 30.7 Å². The lowest BCUT2D eigenvalue weighted by Gasteiger charge is -2.58. The van der Waals surface area contributed by atoms with Crippen molar-refractivity contribution in [2.75, 3.05) is 6.61 Å². The molecule has 0 radical (unpaired) electrons. The van der Waals surface area contributed by atoms with Crippen LogP contribution in [0.2, 0.25) is 0 Å². The predicted molar refractivity (Wildman–Crippen MR) is 276 cm³/mol. The van der Waals surface area contributed by atoms with E-state index in [0.717, 1.165) is 113 Å². The second-order valence-corrected chi connectivity index (χ2v) is 22.0. The van der Waals surface area contributed by atoms with Crippen molar-refractivity contribution >= 4 is 5.97 Å². The first-order valence-electron chi connectivity index (χ1n) is 27.0. The van der Waals surface area contributed by atoms with Crippen LogP contribution < -0.4 is 0 Å². The summed E-state index contributed by atoms with van der Waals surface area (Å²) in [6, 6.07) is 0. The Kier molecular flexibility index (Phi) is 23.2. The topological polar surface area (TPSA) is 105 Å². The summed E-state index contributed by atoms with van der Waals surface area (Å²) >= 11 is 0. The maximum absolute atomic E-state index is 12.6. The Hall–Kier alpha value is -2.81. The van der Waals surface area contributed by atoms with Gasteiger partial charge in [0, 0.05) is 6.42 Å². The molecule has 5 aliphatic rings. The molecular formula is C60H94O7. The van der Waals surface area contributed by atoms with Gasteiger partial charge in [-0.1, -0.05) is 158 Å². The molecule has 1 saturated heterocycles. The van der Waals surface area contributed by atoms with Crippen LogP contribution in [0.25, 0.3) is 0 Å². The fraction of sp³-hybridized carbons (Fsp3) is 0.717. The van der Waals surface area contributed by atoms with Gasteiger partial charge in [-0.05, 0) is 161 Å². The second-order valence-electron chi connectivity index (χ2n) is 22.0. The Balaban J connectivity index is 0.964. The molecule has 67 heavy (non-hydrogen) atoms. The minimum Gasteiger partial charge on any atom is -0.463 e. The molecule has 14 atom stereocenters. The third kappa shape index (κ3) is 15.8. The average molecular weight is 927 g/mol. The minimum atomic E-state index is -1.47. The zero-order chi connectivity index (χ0) is 48.2. The Labute approximate surface area is 408 Å². The zero-order valence-corrected chi connectivity index (χ0v) is 43.0. The number of rotatable bonds is 26. The molecule has 3 N–H and O–H groups in total. The molecule has 376 valence electrons. The van der Waals surface area contributed by atoms with E-state index in [2.05, 4.69) is 140 Å². The highest BCUT2D eigenvalue weighted by Gasteiger charge is 2.59. The van der Waals surface area contributed by atoms with Crippen LogP contribution in [0.4, 0.5) is 0 Å². The summed E-state index contributed by atoms with van der Waals surface area (Å²) in [5.41, 5.74) is 2.09.